The smallest absolute Gasteiger partial charge is 0.189 e. The van der Waals surface area contributed by atoms with E-state index < -0.39 is 5.41 Å². The minimum atomic E-state index is -0.532. The number of fused-ring (bicyclic) bond motifs is 1. The summed E-state index contributed by atoms with van der Waals surface area (Å²) < 4.78 is 0. The van der Waals surface area contributed by atoms with Crippen molar-refractivity contribution in [2.45, 2.75) is 33.6 Å². The molecular weight excluding hydrogens is 252 g/mol. The first-order valence-corrected chi connectivity index (χ1v) is 7.05. The van der Waals surface area contributed by atoms with Crippen molar-refractivity contribution in [3.05, 3.63) is 34.9 Å². The van der Waals surface area contributed by atoms with E-state index in [1.165, 1.54) is 6.08 Å². The van der Waals surface area contributed by atoms with Gasteiger partial charge in [-0.05, 0) is 25.8 Å². The number of hydrogen-bond donors (Lipinski definition) is 0. The van der Waals surface area contributed by atoms with Crippen LogP contribution in [0.5, 0.6) is 0 Å². The van der Waals surface area contributed by atoms with Crippen LogP contribution in [0.2, 0.25) is 0 Å². The van der Waals surface area contributed by atoms with Gasteiger partial charge in [0.05, 0.1) is 5.57 Å². The van der Waals surface area contributed by atoms with E-state index in [1.807, 2.05) is 26.8 Å². The topological polar surface area (TPSA) is 51.2 Å². The van der Waals surface area contributed by atoms with E-state index in [1.54, 1.807) is 6.08 Å². The first kappa shape index (κ1) is 13.2. The molecule has 0 aromatic rings. The fourth-order valence-corrected chi connectivity index (χ4v) is 3.58. The first-order valence-electron chi connectivity index (χ1n) is 7.05. The van der Waals surface area contributed by atoms with E-state index in [-0.39, 0.29) is 34.8 Å². The summed E-state index contributed by atoms with van der Waals surface area (Å²) in [5.74, 6) is -1.04. The zero-order valence-corrected chi connectivity index (χ0v) is 12.0. The number of allylic oxidation sites excluding steroid dienone is 6. The van der Waals surface area contributed by atoms with Crippen LogP contribution in [0.25, 0.3) is 0 Å². The molecule has 3 aliphatic carbocycles. The van der Waals surface area contributed by atoms with Crippen molar-refractivity contribution in [1.29, 1.82) is 0 Å². The van der Waals surface area contributed by atoms with E-state index >= 15 is 0 Å². The number of carbonyl (C=O) groups is 3. The molecule has 0 fully saturated rings. The van der Waals surface area contributed by atoms with Gasteiger partial charge in [-0.25, -0.2) is 0 Å². The van der Waals surface area contributed by atoms with E-state index in [0.717, 1.165) is 5.57 Å². The molecule has 3 nitrogen and oxygen atoms in total. The van der Waals surface area contributed by atoms with E-state index in [9.17, 15) is 14.4 Å². The van der Waals surface area contributed by atoms with Crippen LogP contribution in [0.15, 0.2) is 34.9 Å². The Morgan fingerprint density at radius 3 is 2.50 bits per heavy atom. The third-order valence-corrected chi connectivity index (χ3v) is 4.71. The number of Topliss-reactive ketones (excluding diaryl/α,β-unsaturated/α-hetero) is 2. The van der Waals surface area contributed by atoms with Crippen molar-refractivity contribution >= 4 is 17.3 Å². The highest BCUT2D eigenvalue weighted by Gasteiger charge is 2.49. The Labute approximate surface area is 118 Å². The lowest BCUT2D eigenvalue weighted by molar-refractivity contribution is -0.133. The molecule has 0 amide bonds. The maximum atomic E-state index is 12.8. The minimum Gasteiger partial charge on any atom is -0.294 e. The van der Waals surface area contributed by atoms with Gasteiger partial charge in [0.15, 0.2) is 17.3 Å². The number of ketones is 3. The van der Waals surface area contributed by atoms with Gasteiger partial charge in [0.25, 0.3) is 0 Å². The third kappa shape index (κ3) is 1.69. The van der Waals surface area contributed by atoms with Crippen LogP contribution in [0.1, 0.15) is 33.6 Å². The molecule has 0 saturated heterocycles. The molecule has 3 rings (SSSR count). The summed E-state index contributed by atoms with van der Waals surface area (Å²) in [6, 6.07) is 0. The van der Waals surface area contributed by atoms with Crippen molar-refractivity contribution in [2.75, 3.05) is 0 Å². The van der Waals surface area contributed by atoms with Crippen LogP contribution in [0.4, 0.5) is 0 Å². The summed E-state index contributed by atoms with van der Waals surface area (Å²) in [6.45, 7) is 5.78. The van der Waals surface area contributed by atoms with Crippen LogP contribution in [0.3, 0.4) is 0 Å². The average molecular weight is 270 g/mol. The van der Waals surface area contributed by atoms with Gasteiger partial charge in [0, 0.05) is 22.8 Å². The number of carbonyl (C=O) groups excluding carboxylic acids is 3. The lowest BCUT2D eigenvalue weighted by Gasteiger charge is -2.39. The highest BCUT2D eigenvalue weighted by Crippen LogP contribution is 2.46. The molecule has 0 aromatic heterocycles. The fraction of sp³-hybridized carbons (Fsp3) is 0.471. The van der Waals surface area contributed by atoms with Gasteiger partial charge < -0.3 is 0 Å². The molecule has 3 aliphatic rings. The molecule has 0 spiro atoms. The molecule has 0 N–H and O–H groups in total. The van der Waals surface area contributed by atoms with Gasteiger partial charge >= 0.3 is 0 Å². The fourth-order valence-electron chi connectivity index (χ4n) is 3.58. The molecule has 0 radical (unpaired) electrons. The quantitative estimate of drug-likeness (QED) is 0.502. The van der Waals surface area contributed by atoms with Crippen LogP contribution < -0.4 is 0 Å². The average Bonchev–Trinajstić information content (AvgIpc) is 2.38. The van der Waals surface area contributed by atoms with Gasteiger partial charge in [0.1, 0.15) is 0 Å². The van der Waals surface area contributed by atoms with Crippen molar-refractivity contribution in [3.63, 3.8) is 0 Å². The summed E-state index contributed by atoms with van der Waals surface area (Å²) in [4.78, 5) is 37.6. The van der Waals surface area contributed by atoms with Crippen molar-refractivity contribution in [3.8, 4) is 0 Å². The highest BCUT2D eigenvalue weighted by molar-refractivity contribution is 6.32. The van der Waals surface area contributed by atoms with E-state index in [0.29, 0.717) is 18.4 Å². The van der Waals surface area contributed by atoms with E-state index in [2.05, 4.69) is 0 Å². The van der Waals surface area contributed by atoms with Crippen LogP contribution in [0, 0.1) is 17.3 Å². The molecule has 2 unspecified atom stereocenters. The van der Waals surface area contributed by atoms with Gasteiger partial charge in [-0.3, -0.25) is 14.4 Å². The second-order valence-corrected chi connectivity index (χ2v) is 6.60. The second kappa shape index (κ2) is 4.11. The Morgan fingerprint density at radius 1 is 1.10 bits per heavy atom. The number of hydrogen-bond acceptors (Lipinski definition) is 3. The Balaban J connectivity index is 2.16. The lowest BCUT2D eigenvalue weighted by atomic mass is 9.61. The second-order valence-electron chi connectivity index (χ2n) is 6.60. The molecule has 3 heteroatoms. The zero-order chi connectivity index (χ0) is 14.7. The van der Waals surface area contributed by atoms with E-state index in [4.69, 9.17) is 0 Å². The van der Waals surface area contributed by atoms with Crippen molar-refractivity contribution in [2.24, 2.45) is 17.3 Å². The summed E-state index contributed by atoms with van der Waals surface area (Å²) in [5, 5.41) is 0. The Morgan fingerprint density at radius 2 is 1.80 bits per heavy atom. The molecule has 0 heterocycles. The summed E-state index contributed by atoms with van der Waals surface area (Å²) in [5.41, 5.74) is 1.21. The summed E-state index contributed by atoms with van der Waals surface area (Å²) >= 11 is 0. The maximum absolute atomic E-state index is 12.8. The third-order valence-electron chi connectivity index (χ3n) is 4.71. The Kier molecular flexibility index (Phi) is 2.72. The highest BCUT2D eigenvalue weighted by atomic mass is 16.2. The van der Waals surface area contributed by atoms with Crippen LogP contribution in [-0.4, -0.2) is 17.3 Å². The molecule has 0 aliphatic heterocycles. The van der Waals surface area contributed by atoms with Gasteiger partial charge in [-0.2, -0.15) is 0 Å². The molecule has 104 valence electrons. The summed E-state index contributed by atoms with van der Waals surface area (Å²) in [6.07, 6.45) is 6.42. The minimum absolute atomic E-state index is 0.000231. The van der Waals surface area contributed by atoms with Crippen LogP contribution in [-0.2, 0) is 14.4 Å². The SMILES string of the molecule is CC1=CCC2C(=O)C3=C(C(=O)C2C1)C(C)(C)C=CC3=O. The molecular formula is C17H18O3. The monoisotopic (exact) mass is 270 g/mol. The standard InChI is InChI=1S/C17H18O3/c1-9-4-5-10-11(8-9)16(20)14-13(15(10)19)12(18)6-7-17(14,2)3/h4,6-7,10-11H,5,8H2,1-3H3. The van der Waals surface area contributed by atoms with Crippen molar-refractivity contribution < 1.29 is 14.4 Å². The molecule has 20 heavy (non-hydrogen) atoms. The Hall–Kier alpha value is -1.77. The van der Waals surface area contributed by atoms with Crippen molar-refractivity contribution in [1.82, 2.24) is 0 Å². The predicted octanol–water partition coefficient (Wildman–Crippen LogP) is 2.57. The van der Waals surface area contributed by atoms with Crippen LogP contribution >= 0.6 is 0 Å². The molecule has 0 bridgehead atoms. The maximum Gasteiger partial charge on any atom is 0.189 e. The first-order chi connectivity index (χ1) is 9.33. The molecule has 2 atom stereocenters. The zero-order valence-electron chi connectivity index (χ0n) is 12.0. The van der Waals surface area contributed by atoms with Gasteiger partial charge in [-0.1, -0.05) is 31.6 Å². The molecule has 0 aromatic carbocycles. The molecule has 0 saturated carbocycles. The van der Waals surface area contributed by atoms with Gasteiger partial charge in [0.2, 0.25) is 0 Å². The van der Waals surface area contributed by atoms with Gasteiger partial charge in [-0.15, -0.1) is 0 Å². The largest absolute Gasteiger partial charge is 0.294 e. The predicted molar refractivity (Wildman–Crippen MR) is 74.9 cm³/mol. The Bertz CT molecular complexity index is 629. The summed E-state index contributed by atoms with van der Waals surface area (Å²) in [7, 11) is 0. The normalized spacial score (nSPS) is 31.9. The number of rotatable bonds is 0. The lowest BCUT2D eigenvalue weighted by Crippen LogP contribution is -2.45.